The molecule has 2 aliphatic heterocycles. The molecule has 0 saturated carbocycles. The average molecular weight is 408 g/mol. The molecular formula is C20H29FN4O4. The number of halogens is 1. The highest BCUT2D eigenvalue weighted by Crippen LogP contribution is 2.29. The molecule has 0 radical (unpaired) electrons. The SMILES string of the molecule is CN=C(NCCc1cc(F)cc2c1OCOC2)NC1CN(C(=O)OC(C)(C)C)C1. The lowest BCUT2D eigenvalue weighted by atomic mass is 10.1. The molecule has 0 atom stereocenters. The van der Waals surface area contributed by atoms with Gasteiger partial charge in [0.05, 0.1) is 12.6 Å². The molecule has 3 rings (SSSR count). The number of guanidine groups is 1. The lowest BCUT2D eigenvalue weighted by Crippen LogP contribution is -2.63. The largest absolute Gasteiger partial charge is 0.467 e. The van der Waals surface area contributed by atoms with Gasteiger partial charge in [0.15, 0.2) is 12.8 Å². The van der Waals surface area contributed by atoms with Gasteiger partial charge in [-0.3, -0.25) is 4.99 Å². The molecule has 1 saturated heterocycles. The molecule has 1 aromatic rings. The van der Waals surface area contributed by atoms with Crippen LogP contribution in [0.4, 0.5) is 9.18 Å². The maximum absolute atomic E-state index is 13.8. The van der Waals surface area contributed by atoms with E-state index in [1.807, 2.05) is 20.8 Å². The summed E-state index contributed by atoms with van der Waals surface area (Å²) in [6.45, 7) is 7.74. The van der Waals surface area contributed by atoms with Gasteiger partial charge in [0.1, 0.15) is 17.2 Å². The van der Waals surface area contributed by atoms with Gasteiger partial charge in [-0.2, -0.15) is 0 Å². The van der Waals surface area contributed by atoms with Crippen molar-refractivity contribution in [2.75, 3.05) is 33.5 Å². The highest BCUT2D eigenvalue weighted by atomic mass is 19.1. The number of benzene rings is 1. The summed E-state index contributed by atoms with van der Waals surface area (Å²) in [6.07, 6.45) is 0.272. The predicted molar refractivity (Wildman–Crippen MR) is 106 cm³/mol. The van der Waals surface area contributed by atoms with Crippen molar-refractivity contribution < 1.29 is 23.4 Å². The number of nitrogens with zero attached hydrogens (tertiary/aromatic N) is 2. The minimum absolute atomic E-state index is 0.108. The van der Waals surface area contributed by atoms with Crippen LogP contribution in [0.25, 0.3) is 0 Å². The third-order valence-electron chi connectivity index (χ3n) is 4.54. The number of nitrogens with one attached hydrogen (secondary N) is 2. The maximum Gasteiger partial charge on any atom is 0.410 e. The number of amides is 1. The molecule has 0 aliphatic carbocycles. The molecule has 0 bridgehead atoms. The van der Waals surface area contributed by atoms with Crippen LogP contribution in [0.5, 0.6) is 5.75 Å². The second-order valence-electron chi connectivity index (χ2n) is 8.14. The first-order valence-corrected chi connectivity index (χ1v) is 9.72. The zero-order chi connectivity index (χ0) is 21.0. The molecule has 0 spiro atoms. The van der Waals surface area contributed by atoms with E-state index >= 15 is 0 Å². The van der Waals surface area contributed by atoms with Crippen molar-refractivity contribution in [1.29, 1.82) is 0 Å². The summed E-state index contributed by atoms with van der Waals surface area (Å²) in [6, 6.07) is 3.04. The first kappa shape index (κ1) is 21.2. The van der Waals surface area contributed by atoms with Crippen LogP contribution >= 0.6 is 0 Å². The number of hydrogen-bond donors (Lipinski definition) is 2. The molecule has 8 nitrogen and oxygen atoms in total. The zero-order valence-corrected chi connectivity index (χ0v) is 17.4. The summed E-state index contributed by atoms with van der Waals surface area (Å²) in [5.41, 5.74) is 1.02. The lowest BCUT2D eigenvalue weighted by Gasteiger charge is -2.40. The van der Waals surface area contributed by atoms with Crippen LogP contribution in [0.15, 0.2) is 17.1 Å². The Labute approximate surface area is 170 Å². The van der Waals surface area contributed by atoms with Crippen molar-refractivity contribution in [2.24, 2.45) is 4.99 Å². The fraction of sp³-hybridized carbons (Fsp3) is 0.600. The topological polar surface area (TPSA) is 84.4 Å². The molecule has 2 N–H and O–H groups in total. The highest BCUT2D eigenvalue weighted by molar-refractivity contribution is 5.80. The summed E-state index contributed by atoms with van der Waals surface area (Å²) < 4.78 is 29.9. The number of carbonyl (C=O) groups excluding carboxylic acids is 1. The summed E-state index contributed by atoms with van der Waals surface area (Å²) in [7, 11) is 1.68. The van der Waals surface area contributed by atoms with Gasteiger partial charge >= 0.3 is 6.09 Å². The minimum atomic E-state index is -0.501. The van der Waals surface area contributed by atoms with E-state index < -0.39 is 5.60 Å². The van der Waals surface area contributed by atoms with Gasteiger partial charge in [0.2, 0.25) is 0 Å². The monoisotopic (exact) mass is 408 g/mol. The fourth-order valence-corrected chi connectivity index (χ4v) is 3.19. The van der Waals surface area contributed by atoms with E-state index in [0.717, 1.165) is 11.1 Å². The normalized spacial score (nSPS) is 17.1. The Hall–Kier alpha value is -2.55. The quantitative estimate of drug-likeness (QED) is 0.586. The second kappa shape index (κ2) is 8.86. The van der Waals surface area contributed by atoms with Crippen LogP contribution in [0, 0.1) is 5.82 Å². The van der Waals surface area contributed by atoms with E-state index in [1.165, 1.54) is 12.1 Å². The third kappa shape index (κ3) is 5.72. The molecule has 0 unspecified atom stereocenters. The van der Waals surface area contributed by atoms with Crippen LogP contribution in [-0.2, 0) is 22.5 Å². The number of hydrogen-bond acceptors (Lipinski definition) is 5. The van der Waals surface area contributed by atoms with Gasteiger partial charge in [-0.15, -0.1) is 0 Å². The third-order valence-corrected chi connectivity index (χ3v) is 4.54. The Bertz CT molecular complexity index is 772. The molecule has 1 fully saturated rings. The number of carbonyl (C=O) groups is 1. The van der Waals surface area contributed by atoms with E-state index in [-0.39, 0.29) is 24.7 Å². The fourth-order valence-electron chi connectivity index (χ4n) is 3.19. The van der Waals surface area contributed by atoms with Crippen LogP contribution in [0.2, 0.25) is 0 Å². The second-order valence-corrected chi connectivity index (χ2v) is 8.14. The van der Waals surface area contributed by atoms with E-state index in [0.29, 0.717) is 44.4 Å². The molecule has 2 aliphatic rings. The zero-order valence-electron chi connectivity index (χ0n) is 17.4. The molecule has 0 aromatic heterocycles. The van der Waals surface area contributed by atoms with Crippen molar-refractivity contribution in [3.8, 4) is 5.75 Å². The van der Waals surface area contributed by atoms with Crippen molar-refractivity contribution in [2.45, 2.75) is 45.4 Å². The molecule has 160 valence electrons. The molecule has 9 heteroatoms. The van der Waals surface area contributed by atoms with Gasteiger partial charge in [0.25, 0.3) is 0 Å². The van der Waals surface area contributed by atoms with Gasteiger partial charge in [-0.05, 0) is 44.9 Å². The lowest BCUT2D eigenvalue weighted by molar-refractivity contribution is -0.0172. The van der Waals surface area contributed by atoms with E-state index in [1.54, 1.807) is 11.9 Å². The number of fused-ring (bicyclic) bond motifs is 1. The van der Waals surface area contributed by atoms with E-state index in [2.05, 4.69) is 15.6 Å². The van der Waals surface area contributed by atoms with Crippen molar-refractivity contribution in [3.63, 3.8) is 0 Å². The Morgan fingerprint density at radius 3 is 2.83 bits per heavy atom. The molecule has 2 heterocycles. The van der Waals surface area contributed by atoms with Crippen LogP contribution in [-0.4, -0.2) is 62.1 Å². The summed E-state index contributed by atoms with van der Waals surface area (Å²) >= 11 is 0. The number of ether oxygens (including phenoxy) is 3. The number of rotatable bonds is 4. The summed E-state index contributed by atoms with van der Waals surface area (Å²) in [5, 5.41) is 6.50. The standard InChI is InChI=1S/C20H29FN4O4/c1-20(2,3)29-19(26)25-9-16(10-25)24-18(22-4)23-6-5-13-7-15(21)8-14-11-27-12-28-17(13)14/h7-8,16H,5-6,9-12H2,1-4H3,(H2,22,23,24). The summed E-state index contributed by atoms with van der Waals surface area (Å²) in [5.74, 6) is 1.04. The Morgan fingerprint density at radius 2 is 2.14 bits per heavy atom. The molecule has 1 aromatic carbocycles. The van der Waals surface area contributed by atoms with Crippen LogP contribution in [0.1, 0.15) is 31.9 Å². The minimum Gasteiger partial charge on any atom is -0.467 e. The van der Waals surface area contributed by atoms with E-state index in [4.69, 9.17) is 14.2 Å². The molecule has 1 amide bonds. The molecule has 29 heavy (non-hydrogen) atoms. The number of likely N-dealkylation sites (tertiary alicyclic amines) is 1. The van der Waals surface area contributed by atoms with Gasteiger partial charge in [-0.1, -0.05) is 0 Å². The Kier molecular flexibility index (Phi) is 6.46. The highest BCUT2D eigenvalue weighted by Gasteiger charge is 2.34. The Balaban J connectivity index is 1.44. The smallest absolute Gasteiger partial charge is 0.410 e. The van der Waals surface area contributed by atoms with Crippen molar-refractivity contribution in [1.82, 2.24) is 15.5 Å². The maximum atomic E-state index is 13.8. The van der Waals surface area contributed by atoms with Gasteiger partial charge < -0.3 is 29.7 Å². The number of aliphatic imine (C=N–C) groups is 1. The van der Waals surface area contributed by atoms with Crippen molar-refractivity contribution in [3.05, 3.63) is 29.1 Å². The van der Waals surface area contributed by atoms with Crippen LogP contribution < -0.4 is 15.4 Å². The first-order valence-electron chi connectivity index (χ1n) is 9.72. The Morgan fingerprint density at radius 1 is 1.38 bits per heavy atom. The van der Waals surface area contributed by atoms with Crippen molar-refractivity contribution >= 4 is 12.1 Å². The van der Waals surface area contributed by atoms with Gasteiger partial charge in [-0.25, -0.2) is 9.18 Å². The average Bonchev–Trinajstić information content (AvgIpc) is 2.60. The molecular weight excluding hydrogens is 379 g/mol. The van der Waals surface area contributed by atoms with E-state index in [9.17, 15) is 9.18 Å². The predicted octanol–water partition coefficient (Wildman–Crippen LogP) is 2.02. The van der Waals surface area contributed by atoms with Crippen LogP contribution in [0.3, 0.4) is 0 Å². The summed E-state index contributed by atoms with van der Waals surface area (Å²) in [4.78, 5) is 17.9. The van der Waals surface area contributed by atoms with Gasteiger partial charge in [0, 0.05) is 32.2 Å². The first-order chi connectivity index (χ1) is 13.7.